The van der Waals surface area contributed by atoms with E-state index < -0.39 is 0 Å². The maximum atomic E-state index is 5.90. The van der Waals surface area contributed by atoms with Crippen LogP contribution in [0.1, 0.15) is 59.8 Å². The van der Waals surface area contributed by atoms with Gasteiger partial charge in [0.15, 0.2) is 0 Å². The minimum absolute atomic E-state index is 0.130. The van der Waals surface area contributed by atoms with Crippen molar-refractivity contribution in [1.29, 1.82) is 0 Å². The number of terminal acetylenes is 1. The van der Waals surface area contributed by atoms with Crippen LogP contribution in [0.15, 0.2) is 34.9 Å². The van der Waals surface area contributed by atoms with E-state index in [2.05, 4.69) is 51.2 Å². The fourth-order valence-electron chi connectivity index (χ4n) is 2.94. The van der Waals surface area contributed by atoms with Crippen LogP contribution in [0.4, 0.5) is 0 Å². The number of hydrogen-bond acceptors (Lipinski definition) is 1. The van der Waals surface area contributed by atoms with Crippen molar-refractivity contribution in [2.75, 3.05) is 13.1 Å². The third-order valence-corrected chi connectivity index (χ3v) is 4.17. The molecule has 0 amide bonds. The molecule has 0 N–H and O–H groups in total. The van der Waals surface area contributed by atoms with Gasteiger partial charge in [0.2, 0.25) is 0 Å². The van der Waals surface area contributed by atoms with Gasteiger partial charge in [-0.15, -0.1) is 13.0 Å². The van der Waals surface area contributed by atoms with Crippen molar-refractivity contribution in [3.63, 3.8) is 0 Å². The maximum absolute atomic E-state index is 5.90. The highest BCUT2D eigenvalue weighted by molar-refractivity contribution is 5.40. The van der Waals surface area contributed by atoms with Crippen LogP contribution in [0.2, 0.25) is 0 Å². The van der Waals surface area contributed by atoms with Crippen molar-refractivity contribution in [2.45, 2.75) is 65.8 Å². The summed E-state index contributed by atoms with van der Waals surface area (Å²) in [5.41, 5.74) is 5.54. The Balaban J connectivity index is 2.87. The lowest BCUT2D eigenvalue weighted by atomic mass is 9.89. The van der Waals surface area contributed by atoms with Crippen molar-refractivity contribution in [3.05, 3.63) is 34.9 Å². The molecule has 1 atom stereocenters. The summed E-state index contributed by atoms with van der Waals surface area (Å²) in [4.78, 5) is 2.47. The number of allylic oxidation sites excluding steroid dienone is 3. The molecule has 1 heteroatoms. The molecule has 0 heterocycles. The smallest absolute Gasteiger partial charge is 0.0967 e. The molecular weight excluding hydrogens is 254 g/mol. The first-order valence-electron chi connectivity index (χ1n) is 8.21. The van der Waals surface area contributed by atoms with Crippen molar-refractivity contribution in [3.8, 4) is 12.3 Å². The molecule has 0 aromatic rings. The molecular formula is C20H31N. The molecule has 0 fully saturated rings. The van der Waals surface area contributed by atoms with Gasteiger partial charge in [0.1, 0.15) is 0 Å². The predicted octanol–water partition coefficient (Wildman–Crippen LogP) is 5.11. The molecule has 21 heavy (non-hydrogen) atoms. The van der Waals surface area contributed by atoms with Gasteiger partial charge in [-0.05, 0) is 71.5 Å². The zero-order chi connectivity index (χ0) is 15.8. The highest BCUT2D eigenvalue weighted by atomic mass is 15.1. The molecule has 1 aliphatic rings. The van der Waals surface area contributed by atoms with Gasteiger partial charge in [0, 0.05) is 0 Å². The van der Waals surface area contributed by atoms with E-state index in [9.17, 15) is 0 Å². The third-order valence-electron chi connectivity index (χ3n) is 4.17. The fraction of sp³-hybridized carbons (Fsp3) is 0.600. The normalized spacial score (nSPS) is 16.7. The number of rotatable bonds is 8. The van der Waals surface area contributed by atoms with Crippen LogP contribution in [0.25, 0.3) is 0 Å². The highest BCUT2D eigenvalue weighted by Gasteiger charge is 2.22. The fourth-order valence-corrected chi connectivity index (χ4v) is 2.94. The van der Waals surface area contributed by atoms with Crippen LogP contribution in [0.3, 0.4) is 0 Å². The highest BCUT2D eigenvalue weighted by Crippen LogP contribution is 2.28. The Morgan fingerprint density at radius 3 is 2.67 bits per heavy atom. The van der Waals surface area contributed by atoms with Crippen LogP contribution in [-0.2, 0) is 0 Å². The van der Waals surface area contributed by atoms with Crippen LogP contribution < -0.4 is 0 Å². The summed E-state index contributed by atoms with van der Waals surface area (Å²) in [6.07, 6.45) is 13.9. The second kappa shape index (κ2) is 8.90. The first-order chi connectivity index (χ1) is 9.99. The van der Waals surface area contributed by atoms with Gasteiger partial charge in [-0.25, -0.2) is 0 Å². The summed E-state index contributed by atoms with van der Waals surface area (Å²) < 4.78 is 0. The van der Waals surface area contributed by atoms with Crippen LogP contribution in [0.5, 0.6) is 0 Å². The van der Waals surface area contributed by atoms with E-state index in [0.717, 1.165) is 38.8 Å². The van der Waals surface area contributed by atoms with E-state index in [1.807, 2.05) is 0 Å². The molecule has 1 unspecified atom stereocenters. The summed E-state index contributed by atoms with van der Waals surface area (Å²) in [7, 11) is 0. The first-order valence-corrected chi connectivity index (χ1v) is 8.21. The van der Waals surface area contributed by atoms with Crippen LogP contribution in [-0.4, -0.2) is 24.0 Å². The van der Waals surface area contributed by atoms with E-state index in [-0.39, 0.29) is 6.04 Å². The Kier molecular flexibility index (Phi) is 7.54. The third kappa shape index (κ3) is 5.56. The molecule has 0 spiro atoms. The lowest BCUT2D eigenvalue weighted by Crippen LogP contribution is -2.37. The summed E-state index contributed by atoms with van der Waals surface area (Å²) in [6, 6.07) is 0.130. The summed E-state index contributed by atoms with van der Waals surface area (Å²) in [5.74, 6) is 3.05. The molecule has 116 valence electrons. The number of nitrogens with zero attached hydrogens (tertiary/aromatic N) is 1. The van der Waals surface area contributed by atoms with Gasteiger partial charge in [-0.3, -0.25) is 4.90 Å². The van der Waals surface area contributed by atoms with Crippen molar-refractivity contribution in [2.24, 2.45) is 0 Å². The molecule has 0 saturated carbocycles. The summed E-state index contributed by atoms with van der Waals surface area (Å²) in [6.45, 7) is 14.9. The van der Waals surface area contributed by atoms with Gasteiger partial charge in [0.25, 0.3) is 0 Å². The zero-order valence-corrected chi connectivity index (χ0v) is 14.3. The topological polar surface area (TPSA) is 3.24 Å². The van der Waals surface area contributed by atoms with Gasteiger partial charge in [-0.1, -0.05) is 35.6 Å². The SMILES string of the molecule is C#CC(C1=C(C)CCC(C)=C1)N(CCC)CCCC(=C)C. The monoisotopic (exact) mass is 285 g/mol. The van der Waals surface area contributed by atoms with Crippen molar-refractivity contribution >= 4 is 0 Å². The minimum Gasteiger partial charge on any atom is -0.286 e. The molecule has 0 aliphatic heterocycles. The van der Waals surface area contributed by atoms with E-state index in [1.54, 1.807) is 0 Å². The van der Waals surface area contributed by atoms with Gasteiger partial charge >= 0.3 is 0 Å². The zero-order valence-electron chi connectivity index (χ0n) is 14.3. The Morgan fingerprint density at radius 2 is 2.10 bits per heavy atom. The number of hydrogen-bond donors (Lipinski definition) is 0. The van der Waals surface area contributed by atoms with Gasteiger partial charge < -0.3 is 0 Å². The maximum Gasteiger partial charge on any atom is 0.0967 e. The van der Waals surface area contributed by atoms with Crippen LogP contribution >= 0.6 is 0 Å². The lowest BCUT2D eigenvalue weighted by Gasteiger charge is -2.31. The molecule has 0 bridgehead atoms. The average molecular weight is 285 g/mol. The van der Waals surface area contributed by atoms with Crippen LogP contribution in [0, 0.1) is 12.3 Å². The lowest BCUT2D eigenvalue weighted by molar-refractivity contribution is 0.255. The van der Waals surface area contributed by atoms with E-state index >= 15 is 0 Å². The molecule has 0 radical (unpaired) electrons. The minimum atomic E-state index is 0.130. The molecule has 0 aromatic heterocycles. The molecule has 1 rings (SSSR count). The first kappa shape index (κ1) is 17.8. The van der Waals surface area contributed by atoms with E-state index in [1.165, 1.54) is 28.7 Å². The van der Waals surface area contributed by atoms with E-state index in [0.29, 0.717) is 0 Å². The van der Waals surface area contributed by atoms with Gasteiger partial charge in [0.05, 0.1) is 6.04 Å². The summed E-state index contributed by atoms with van der Waals surface area (Å²) in [5, 5.41) is 0. The van der Waals surface area contributed by atoms with Crippen molar-refractivity contribution < 1.29 is 0 Å². The Labute approximate surface area is 131 Å². The largest absolute Gasteiger partial charge is 0.286 e. The Hall–Kier alpha value is -1.26. The molecule has 1 nitrogen and oxygen atoms in total. The molecule has 0 saturated heterocycles. The Bertz CT molecular complexity index is 459. The molecule has 1 aliphatic carbocycles. The Morgan fingerprint density at radius 1 is 1.38 bits per heavy atom. The molecule has 0 aromatic carbocycles. The standard InChI is InChI=1S/C20H31N/c1-7-13-21(14-9-10-16(3)4)20(8-2)19-15-17(5)11-12-18(19)6/h2,15,20H,3,7,9-14H2,1,4-6H3. The predicted molar refractivity (Wildman–Crippen MR) is 94.2 cm³/mol. The second-order valence-corrected chi connectivity index (χ2v) is 6.39. The average Bonchev–Trinajstić information content (AvgIpc) is 2.43. The quantitative estimate of drug-likeness (QED) is 0.442. The summed E-state index contributed by atoms with van der Waals surface area (Å²) >= 11 is 0. The second-order valence-electron chi connectivity index (χ2n) is 6.39. The van der Waals surface area contributed by atoms with Gasteiger partial charge in [-0.2, -0.15) is 0 Å². The van der Waals surface area contributed by atoms with E-state index in [4.69, 9.17) is 6.42 Å². The van der Waals surface area contributed by atoms with Crippen molar-refractivity contribution in [1.82, 2.24) is 4.90 Å².